The first-order valence-electron chi connectivity index (χ1n) is 5.31. The quantitative estimate of drug-likeness (QED) is 0.660. The van der Waals surface area contributed by atoms with Crippen molar-refractivity contribution in [3.8, 4) is 0 Å². The van der Waals surface area contributed by atoms with Gasteiger partial charge in [0.05, 0.1) is 6.61 Å². The molecule has 1 aromatic rings. The number of benzene rings is 1. The minimum Gasteiger partial charge on any atom is -0.480 e. The molecule has 1 rings (SSSR count). The molecule has 0 spiro atoms. The number of carboxylic acids is 1. The molecule has 3 N–H and O–H groups in total. The van der Waals surface area contributed by atoms with E-state index < -0.39 is 24.0 Å². The standard InChI is InChI=1S/C12H15NO5/c1-18-7-9(12(16)17)13-11(15)10(14)8-5-3-2-4-6-8/h2-6,9-10,14H,7H2,1H3,(H,13,15)(H,16,17). The van der Waals surface area contributed by atoms with Crippen molar-refractivity contribution in [2.45, 2.75) is 12.1 Å². The maximum absolute atomic E-state index is 11.7. The van der Waals surface area contributed by atoms with E-state index in [0.29, 0.717) is 5.56 Å². The number of carbonyl (C=O) groups excluding carboxylic acids is 1. The summed E-state index contributed by atoms with van der Waals surface area (Å²) in [5.74, 6) is -1.99. The summed E-state index contributed by atoms with van der Waals surface area (Å²) in [6.07, 6.45) is -1.40. The number of amides is 1. The Kier molecular flexibility index (Phi) is 5.29. The van der Waals surface area contributed by atoms with E-state index in [0.717, 1.165) is 0 Å². The maximum atomic E-state index is 11.7. The third kappa shape index (κ3) is 3.83. The fourth-order valence-electron chi connectivity index (χ4n) is 1.38. The van der Waals surface area contributed by atoms with E-state index in [9.17, 15) is 14.7 Å². The molecule has 0 radical (unpaired) electrons. The molecule has 1 aromatic carbocycles. The Morgan fingerprint density at radius 2 is 1.94 bits per heavy atom. The van der Waals surface area contributed by atoms with Crippen molar-refractivity contribution >= 4 is 11.9 Å². The van der Waals surface area contributed by atoms with Gasteiger partial charge in [-0.3, -0.25) is 4.79 Å². The first-order chi connectivity index (χ1) is 8.56. The lowest BCUT2D eigenvalue weighted by atomic mass is 10.1. The van der Waals surface area contributed by atoms with Crippen molar-refractivity contribution in [3.63, 3.8) is 0 Å². The van der Waals surface area contributed by atoms with E-state index in [1.54, 1.807) is 30.3 Å². The Bertz CT molecular complexity index is 406. The number of nitrogens with one attached hydrogen (secondary N) is 1. The second-order valence-corrected chi connectivity index (χ2v) is 3.67. The molecular formula is C12H15NO5. The molecule has 0 aromatic heterocycles. The predicted octanol–water partition coefficient (Wildman–Crippen LogP) is -0.0642. The lowest BCUT2D eigenvalue weighted by molar-refractivity contribution is -0.145. The van der Waals surface area contributed by atoms with Crippen molar-refractivity contribution in [2.24, 2.45) is 0 Å². The van der Waals surface area contributed by atoms with E-state index in [1.807, 2.05) is 0 Å². The van der Waals surface area contributed by atoms with Crippen molar-refractivity contribution in [1.29, 1.82) is 0 Å². The topological polar surface area (TPSA) is 95.9 Å². The minimum atomic E-state index is -1.40. The third-order valence-corrected chi connectivity index (χ3v) is 2.31. The van der Waals surface area contributed by atoms with E-state index in [-0.39, 0.29) is 6.61 Å². The van der Waals surface area contributed by atoms with Gasteiger partial charge in [0.2, 0.25) is 0 Å². The molecule has 98 valence electrons. The first-order valence-corrected chi connectivity index (χ1v) is 5.31. The number of hydrogen-bond acceptors (Lipinski definition) is 4. The normalized spacial score (nSPS) is 13.7. The molecule has 6 heteroatoms. The average Bonchev–Trinajstić information content (AvgIpc) is 2.38. The second kappa shape index (κ2) is 6.73. The van der Waals surface area contributed by atoms with Crippen LogP contribution in [0.2, 0.25) is 0 Å². The molecule has 0 saturated carbocycles. The van der Waals surface area contributed by atoms with Crippen LogP contribution in [0.1, 0.15) is 11.7 Å². The zero-order valence-corrected chi connectivity index (χ0v) is 9.87. The second-order valence-electron chi connectivity index (χ2n) is 3.67. The summed E-state index contributed by atoms with van der Waals surface area (Å²) in [7, 11) is 1.33. The fraction of sp³-hybridized carbons (Fsp3) is 0.333. The van der Waals surface area contributed by atoms with Crippen LogP contribution in [0.25, 0.3) is 0 Å². The van der Waals surface area contributed by atoms with Gasteiger partial charge in [-0.2, -0.15) is 0 Å². The first kappa shape index (κ1) is 14.1. The summed E-state index contributed by atoms with van der Waals surface area (Å²) >= 11 is 0. The van der Waals surface area contributed by atoms with Crippen molar-refractivity contribution in [1.82, 2.24) is 5.32 Å². The lowest BCUT2D eigenvalue weighted by Crippen LogP contribution is -2.45. The number of aliphatic hydroxyl groups excluding tert-OH is 1. The SMILES string of the molecule is COCC(NC(=O)C(O)c1ccccc1)C(=O)O. The molecule has 0 heterocycles. The molecule has 2 unspecified atom stereocenters. The number of aliphatic hydroxyl groups is 1. The van der Waals surface area contributed by atoms with Gasteiger partial charge in [0, 0.05) is 7.11 Å². The third-order valence-electron chi connectivity index (χ3n) is 2.31. The summed E-state index contributed by atoms with van der Waals surface area (Å²) < 4.78 is 4.67. The van der Waals surface area contributed by atoms with Crippen LogP contribution in [0.15, 0.2) is 30.3 Å². The van der Waals surface area contributed by atoms with Crippen LogP contribution in [0, 0.1) is 0 Å². The molecule has 0 saturated heterocycles. The van der Waals surface area contributed by atoms with Gasteiger partial charge in [-0.25, -0.2) is 4.79 Å². The van der Waals surface area contributed by atoms with Gasteiger partial charge in [-0.1, -0.05) is 30.3 Å². The van der Waals surface area contributed by atoms with E-state index in [4.69, 9.17) is 5.11 Å². The maximum Gasteiger partial charge on any atom is 0.328 e. The van der Waals surface area contributed by atoms with Gasteiger partial charge in [-0.15, -0.1) is 0 Å². The Labute approximate surface area is 104 Å². The van der Waals surface area contributed by atoms with Crippen LogP contribution >= 0.6 is 0 Å². The highest BCUT2D eigenvalue weighted by Gasteiger charge is 2.24. The summed E-state index contributed by atoms with van der Waals surface area (Å²) in [4.78, 5) is 22.5. The number of methoxy groups -OCH3 is 1. The van der Waals surface area contributed by atoms with Crippen molar-refractivity contribution in [3.05, 3.63) is 35.9 Å². The van der Waals surface area contributed by atoms with Crippen molar-refractivity contribution in [2.75, 3.05) is 13.7 Å². The molecule has 0 aliphatic heterocycles. The smallest absolute Gasteiger partial charge is 0.328 e. The lowest BCUT2D eigenvalue weighted by Gasteiger charge is -2.16. The molecule has 1 amide bonds. The number of aliphatic carboxylic acids is 1. The monoisotopic (exact) mass is 253 g/mol. The van der Waals surface area contributed by atoms with Gasteiger partial charge in [-0.05, 0) is 5.56 Å². The van der Waals surface area contributed by atoms with Gasteiger partial charge in [0.25, 0.3) is 5.91 Å². The summed E-state index contributed by atoms with van der Waals surface area (Å²) in [6, 6.07) is 7.08. The fourth-order valence-corrected chi connectivity index (χ4v) is 1.38. The summed E-state index contributed by atoms with van der Waals surface area (Å²) in [5, 5.41) is 20.8. The van der Waals surface area contributed by atoms with Crippen LogP contribution in [0.4, 0.5) is 0 Å². The molecule has 0 aliphatic carbocycles. The Balaban J connectivity index is 2.67. The molecule has 2 atom stereocenters. The van der Waals surface area contributed by atoms with Crippen molar-refractivity contribution < 1.29 is 24.5 Å². The van der Waals surface area contributed by atoms with Gasteiger partial charge in [0.1, 0.15) is 0 Å². The van der Waals surface area contributed by atoms with Gasteiger partial charge < -0.3 is 20.3 Å². The molecule has 0 bridgehead atoms. The zero-order chi connectivity index (χ0) is 13.5. The van der Waals surface area contributed by atoms with E-state index >= 15 is 0 Å². The van der Waals surface area contributed by atoms with Crippen LogP contribution in [-0.4, -0.2) is 41.8 Å². The highest BCUT2D eigenvalue weighted by atomic mass is 16.5. The highest BCUT2D eigenvalue weighted by Crippen LogP contribution is 2.12. The zero-order valence-electron chi connectivity index (χ0n) is 9.87. The molecule has 6 nitrogen and oxygen atoms in total. The predicted molar refractivity (Wildman–Crippen MR) is 62.8 cm³/mol. The Hall–Kier alpha value is -1.92. The Morgan fingerprint density at radius 1 is 1.33 bits per heavy atom. The van der Waals surface area contributed by atoms with Gasteiger partial charge >= 0.3 is 5.97 Å². The number of ether oxygens (including phenoxy) is 1. The summed E-state index contributed by atoms with van der Waals surface area (Å²) in [5.41, 5.74) is 0.400. The largest absolute Gasteiger partial charge is 0.480 e. The van der Waals surface area contributed by atoms with Crippen LogP contribution in [0.3, 0.4) is 0 Å². The number of rotatable bonds is 6. The number of hydrogen-bond donors (Lipinski definition) is 3. The number of carbonyl (C=O) groups is 2. The Morgan fingerprint density at radius 3 is 2.44 bits per heavy atom. The van der Waals surface area contributed by atoms with Crippen LogP contribution in [-0.2, 0) is 14.3 Å². The van der Waals surface area contributed by atoms with E-state index in [1.165, 1.54) is 7.11 Å². The van der Waals surface area contributed by atoms with Crippen LogP contribution < -0.4 is 5.32 Å². The van der Waals surface area contributed by atoms with Crippen LogP contribution in [0.5, 0.6) is 0 Å². The van der Waals surface area contributed by atoms with E-state index in [2.05, 4.69) is 10.1 Å². The molecule has 0 fully saturated rings. The average molecular weight is 253 g/mol. The molecule has 18 heavy (non-hydrogen) atoms. The van der Waals surface area contributed by atoms with Gasteiger partial charge in [0.15, 0.2) is 12.1 Å². The molecule has 0 aliphatic rings. The summed E-state index contributed by atoms with van der Waals surface area (Å²) in [6.45, 7) is -0.164. The molecular weight excluding hydrogens is 238 g/mol. The minimum absolute atomic E-state index is 0.164. The highest BCUT2D eigenvalue weighted by molar-refractivity contribution is 5.87. The number of carboxylic acid groups (broad SMARTS) is 1.